The standard InChI is InChI=1S/C15H32O4S.Mg/c1-3-5-6-7-8-9-10-11-12-13-14-19-20(17,18)15(16)4-2;/h15-16H,3-14H2,1-2H3;/q;+2. The fraction of sp³-hybridized carbons (Fsp3) is 1.00. The Kier molecular flexibility index (Phi) is 17.7. The number of rotatable bonds is 14. The summed E-state index contributed by atoms with van der Waals surface area (Å²) in [4.78, 5) is 0. The second-order valence-corrected chi connectivity index (χ2v) is 7.13. The molecule has 0 aromatic carbocycles. The van der Waals surface area contributed by atoms with E-state index < -0.39 is 15.6 Å². The van der Waals surface area contributed by atoms with Crippen molar-refractivity contribution in [2.75, 3.05) is 6.61 Å². The molecule has 0 aromatic rings. The van der Waals surface area contributed by atoms with Gasteiger partial charge in [-0.15, -0.1) is 0 Å². The third kappa shape index (κ3) is 14.0. The summed E-state index contributed by atoms with van der Waals surface area (Å²) >= 11 is 0. The summed E-state index contributed by atoms with van der Waals surface area (Å²) in [5.74, 6) is 0. The molecule has 122 valence electrons. The maximum atomic E-state index is 11.3. The Morgan fingerprint density at radius 3 is 1.71 bits per heavy atom. The van der Waals surface area contributed by atoms with Gasteiger partial charge in [0.25, 0.3) is 10.1 Å². The van der Waals surface area contributed by atoms with Gasteiger partial charge in [0.05, 0.1) is 6.61 Å². The van der Waals surface area contributed by atoms with E-state index in [2.05, 4.69) is 6.92 Å². The van der Waals surface area contributed by atoms with Crippen LogP contribution in [0, 0.1) is 0 Å². The molecule has 6 heteroatoms. The first-order valence-corrected chi connectivity index (χ1v) is 9.58. The van der Waals surface area contributed by atoms with Gasteiger partial charge in [-0.25, -0.2) is 0 Å². The zero-order valence-corrected chi connectivity index (χ0v) is 16.1. The molecule has 21 heavy (non-hydrogen) atoms. The number of aliphatic hydroxyl groups excluding tert-OH is 1. The summed E-state index contributed by atoms with van der Waals surface area (Å²) in [5, 5.41) is 9.23. The van der Waals surface area contributed by atoms with Crippen LogP contribution in [0.1, 0.15) is 84.5 Å². The monoisotopic (exact) mass is 332 g/mol. The number of unbranched alkanes of at least 4 members (excludes halogenated alkanes) is 9. The third-order valence-corrected chi connectivity index (χ3v) is 4.92. The molecule has 0 spiro atoms. The predicted octanol–water partition coefficient (Wildman–Crippen LogP) is 3.60. The molecule has 0 heterocycles. The van der Waals surface area contributed by atoms with Crippen LogP contribution in [-0.4, -0.2) is 48.6 Å². The average Bonchev–Trinajstić information content (AvgIpc) is 2.43. The van der Waals surface area contributed by atoms with Crippen LogP contribution in [0.4, 0.5) is 0 Å². The molecular formula is C15H32MgO4S+2. The largest absolute Gasteiger partial charge is 2.00 e. The molecule has 0 bridgehead atoms. The summed E-state index contributed by atoms with van der Waals surface area (Å²) in [5.41, 5.74) is -1.38. The average molecular weight is 333 g/mol. The molecule has 1 atom stereocenters. The van der Waals surface area contributed by atoms with Gasteiger partial charge in [-0.05, 0) is 12.8 Å². The summed E-state index contributed by atoms with van der Waals surface area (Å²) in [6, 6.07) is 0. The van der Waals surface area contributed by atoms with Crippen molar-refractivity contribution in [3.63, 3.8) is 0 Å². The van der Waals surface area contributed by atoms with Crippen molar-refractivity contribution >= 4 is 33.2 Å². The Balaban J connectivity index is 0. The van der Waals surface area contributed by atoms with E-state index in [0.29, 0.717) is 0 Å². The van der Waals surface area contributed by atoms with E-state index in [4.69, 9.17) is 4.18 Å². The van der Waals surface area contributed by atoms with Gasteiger partial charge in [-0.3, -0.25) is 4.18 Å². The molecule has 4 nitrogen and oxygen atoms in total. The van der Waals surface area contributed by atoms with Crippen molar-refractivity contribution in [3.05, 3.63) is 0 Å². The van der Waals surface area contributed by atoms with Crippen molar-refractivity contribution in [2.45, 2.75) is 89.9 Å². The van der Waals surface area contributed by atoms with E-state index in [0.717, 1.165) is 19.3 Å². The Bertz CT molecular complexity index is 307. The quantitative estimate of drug-likeness (QED) is 0.300. The first kappa shape index (κ1) is 23.9. The fourth-order valence-corrected chi connectivity index (χ4v) is 2.96. The maximum Gasteiger partial charge on any atom is 2.00 e. The zero-order chi connectivity index (χ0) is 15.3. The van der Waals surface area contributed by atoms with E-state index >= 15 is 0 Å². The van der Waals surface area contributed by atoms with Crippen molar-refractivity contribution in [3.8, 4) is 0 Å². The Hall–Kier alpha value is 0.636. The van der Waals surface area contributed by atoms with E-state index in [1.807, 2.05) is 0 Å². The molecule has 0 saturated carbocycles. The van der Waals surface area contributed by atoms with Gasteiger partial charge in [-0.2, -0.15) is 8.42 Å². The van der Waals surface area contributed by atoms with Gasteiger partial charge in [0.15, 0.2) is 5.44 Å². The minimum atomic E-state index is -3.77. The summed E-state index contributed by atoms with van der Waals surface area (Å²) in [6.07, 6.45) is 12.2. The molecule has 0 saturated heterocycles. The van der Waals surface area contributed by atoms with Gasteiger partial charge in [-0.1, -0.05) is 71.6 Å². The molecule has 0 aliphatic carbocycles. The van der Waals surface area contributed by atoms with Crippen LogP contribution in [0.5, 0.6) is 0 Å². The molecule has 0 amide bonds. The van der Waals surface area contributed by atoms with Crippen molar-refractivity contribution in [1.29, 1.82) is 0 Å². The zero-order valence-electron chi connectivity index (χ0n) is 13.8. The van der Waals surface area contributed by atoms with Crippen LogP contribution >= 0.6 is 0 Å². The SMILES string of the molecule is CCCCCCCCCCCCOS(=O)(=O)C(O)CC.[Mg+2]. The summed E-state index contributed by atoms with van der Waals surface area (Å²) in [7, 11) is -3.77. The molecule has 1 unspecified atom stereocenters. The molecule has 0 aromatic heterocycles. The molecule has 0 fully saturated rings. The smallest absolute Gasteiger partial charge is 0.375 e. The first-order chi connectivity index (χ1) is 9.54. The van der Waals surface area contributed by atoms with Crippen LogP contribution in [-0.2, 0) is 14.3 Å². The van der Waals surface area contributed by atoms with Crippen LogP contribution in [0.25, 0.3) is 0 Å². The summed E-state index contributed by atoms with van der Waals surface area (Å²) in [6.45, 7) is 4.03. The van der Waals surface area contributed by atoms with Crippen LogP contribution < -0.4 is 0 Å². The minimum absolute atomic E-state index is 0. The van der Waals surface area contributed by atoms with E-state index in [1.54, 1.807) is 6.92 Å². The van der Waals surface area contributed by atoms with Crippen molar-refractivity contribution in [2.24, 2.45) is 0 Å². The molecule has 1 N–H and O–H groups in total. The molecule has 0 aliphatic heterocycles. The van der Waals surface area contributed by atoms with Crippen molar-refractivity contribution < 1.29 is 17.7 Å². The van der Waals surface area contributed by atoms with Gasteiger partial charge in [0.2, 0.25) is 0 Å². The fourth-order valence-electron chi connectivity index (χ4n) is 2.05. The second kappa shape index (κ2) is 15.5. The summed E-state index contributed by atoms with van der Waals surface area (Å²) < 4.78 is 27.5. The first-order valence-electron chi connectivity index (χ1n) is 8.11. The molecule has 0 aliphatic rings. The maximum absolute atomic E-state index is 11.3. The topological polar surface area (TPSA) is 63.6 Å². The van der Waals surface area contributed by atoms with Crippen LogP contribution in [0.2, 0.25) is 0 Å². The van der Waals surface area contributed by atoms with E-state index in [1.165, 1.54) is 44.9 Å². The van der Waals surface area contributed by atoms with E-state index in [9.17, 15) is 13.5 Å². The van der Waals surface area contributed by atoms with Gasteiger partial charge >= 0.3 is 23.1 Å². The normalized spacial score (nSPS) is 12.9. The molecule has 0 radical (unpaired) electrons. The van der Waals surface area contributed by atoms with Crippen LogP contribution in [0.15, 0.2) is 0 Å². The van der Waals surface area contributed by atoms with Gasteiger partial charge in [0.1, 0.15) is 0 Å². The number of aliphatic hydroxyl groups is 1. The minimum Gasteiger partial charge on any atom is -0.375 e. The van der Waals surface area contributed by atoms with Gasteiger partial charge in [0, 0.05) is 0 Å². The van der Waals surface area contributed by atoms with Crippen molar-refractivity contribution in [1.82, 2.24) is 0 Å². The molecular weight excluding hydrogens is 301 g/mol. The number of hydrogen-bond acceptors (Lipinski definition) is 4. The Morgan fingerprint density at radius 2 is 1.29 bits per heavy atom. The Labute approximate surface area is 147 Å². The Morgan fingerprint density at radius 1 is 0.857 bits per heavy atom. The third-order valence-electron chi connectivity index (χ3n) is 3.43. The van der Waals surface area contributed by atoms with E-state index in [-0.39, 0.29) is 36.1 Å². The predicted molar refractivity (Wildman–Crippen MR) is 88.8 cm³/mol. The second-order valence-electron chi connectivity index (χ2n) is 5.36. The molecule has 0 rings (SSSR count). The number of hydrogen-bond donors (Lipinski definition) is 1. The van der Waals surface area contributed by atoms with Crippen LogP contribution in [0.3, 0.4) is 0 Å². The van der Waals surface area contributed by atoms with Gasteiger partial charge < -0.3 is 5.11 Å².